The molecule has 4 rings (SSSR count). The van der Waals surface area contributed by atoms with Gasteiger partial charge in [0.15, 0.2) is 0 Å². The van der Waals surface area contributed by atoms with Crippen LogP contribution in [-0.2, 0) is 24.3 Å². The zero-order valence-corrected chi connectivity index (χ0v) is 16.9. The van der Waals surface area contributed by atoms with Crippen LogP contribution in [0, 0.1) is 0 Å². The third kappa shape index (κ3) is 3.07. The third-order valence-electron chi connectivity index (χ3n) is 5.08. The number of rotatable bonds is 3. The average molecular weight is 385 g/mol. The molecule has 0 unspecified atom stereocenters. The van der Waals surface area contributed by atoms with Crippen molar-refractivity contribution in [3.8, 4) is 0 Å². The van der Waals surface area contributed by atoms with E-state index in [1.165, 1.54) is 15.9 Å². The van der Waals surface area contributed by atoms with Crippen molar-refractivity contribution in [3.05, 3.63) is 67.2 Å². The molecule has 5 nitrogen and oxygen atoms in total. The Balaban J connectivity index is 2.04. The molecule has 0 saturated heterocycles. The molecule has 0 amide bonds. The minimum absolute atomic E-state index is 0.176. The van der Waals surface area contributed by atoms with Crippen molar-refractivity contribution in [2.45, 2.75) is 58.9 Å². The van der Waals surface area contributed by atoms with Gasteiger partial charge in [-0.1, -0.05) is 30.3 Å². The lowest BCUT2D eigenvalue weighted by Crippen LogP contribution is -2.41. The zero-order chi connectivity index (χ0) is 19.3. The van der Waals surface area contributed by atoms with E-state index in [1.54, 1.807) is 4.57 Å². The lowest BCUT2D eigenvalue weighted by molar-refractivity contribution is -0.0379. The van der Waals surface area contributed by atoms with Crippen LogP contribution in [0.5, 0.6) is 0 Å². The van der Waals surface area contributed by atoms with Gasteiger partial charge >= 0.3 is 5.69 Å². The predicted octanol–water partition coefficient (Wildman–Crippen LogP) is 3.71. The molecule has 0 fully saturated rings. The van der Waals surface area contributed by atoms with Gasteiger partial charge in [-0.2, -0.15) is 0 Å². The summed E-state index contributed by atoms with van der Waals surface area (Å²) in [6.07, 6.45) is 0.680. The Morgan fingerprint density at radius 1 is 1.19 bits per heavy atom. The number of ether oxygens (including phenoxy) is 1. The Hall–Kier alpha value is -2.18. The molecule has 3 aromatic rings. The Morgan fingerprint density at radius 2 is 1.89 bits per heavy atom. The number of aromatic nitrogens is 2. The van der Waals surface area contributed by atoms with E-state index in [9.17, 15) is 9.59 Å². The van der Waals surface area contributed by atoms with E-state index >= 15 is 0 Å². The van der Waals surface area contributed by atoms with Gasteiger partial charge in [0.25, 0.3) is 5.56 Å². The quantitative estimate of drug-likeness (QED) is 0.692. The Morgan fingerprint density at radius 3 is 2.56 bits per heavy atom. The molecule has 0 radical (unpaired) electrons. The highest BCUT2D eigenvalue weighted by Crippen LogP contribution is 2.37. The van der Waals surface area contributed by atoms with Crippen molar-refractivity contribution in [1.29, 1.82) is 0 Å². The first-order valence-electron chi connectivity index (χ1n) is 9.26. The monoisotopic (exact) mass is 384 g/mol. The Labute approximate surface area is 161 Å². The van der Waals surface area contributed by atoms with Crippen LogP contribution >= 0.6 is 11.3 Å². The molecule has 0 atom stereocenters. The average Bonchev–Trinajstić information content (AvgIpc) is 2.97. The smallest absolute Gasteiger partial charge is 0.332 e. The van der Waals surface area contributed by atoms with Crippen LogP contribution in [0.25, 0.3) is 10.2 Å². The second kappa shape index (κ2) is 6.46. The molecule has 142 valence electrons. The Kier molecular flexibility index (Phi) is 4.35. The molecular formula is C21H24N2O3S. The maximum atomic E-state index is 13.3. The van der Waals surface area contributed by atoms with E-state index in [-0.39, 0.29) is 22.9 Å². The highest BCUT2D eigenvalue weighted by Gasteiger charge is 2.32. The second-order valence-electron chi connectivity index (χ2n) is 8.03. The van der Waals surface area contributed by atoms with E-state index in [2.05, 4.69) is 0 Å². The van der Waals surface area contributed by atoms with E-state index < -0.39 is 0 Å². The first-order chi connectivity index (χ1) is 12.8. The molecule has 27 heavy (non-hydrogen) atoms. The van der Waals surface area contributed by atoms with Crippen LogP contribution in [0.15, 0.2) is 39.9 Å². The van der Waals surface area contributed by atoms with Crippen LogP contribution < -0.4 is 11.2 Å². The second-order valence-corrected chi connectivity index (χ2v) is 9.12. The normalized spacial score (nSPS) is 16.0. The van der Waals surface area contributed by atoms with Crippen molar-refractivity contribution >= 4 is 21.6 Å². The summed E-state index contributed by atoms with van der Waals surface area (Å²) in [5.41, 5.74) is 1.36. The zero-order valence-electron chi connectivity index (χ0n) is 16.1. The molecule has 2 aromatic heterocycles. The first kappa shape index (κ1) is 18.2. The predicted molar refractivity (Wildman–Crippen MR) is 109 cm³/mol. The van der Waals surface area contributed by atoms with Gasteiger partial charge in [-0.3, -0.25) is 13.9 Å². The van der Waals surface area contributed by atoms with Crippen LogP contribution in [-0.4, -0.2) is 14.7 Å². The lowest BCUT2D eigenvalue weighted by atomic mass is 9.94. The fraction of sp³-hybridized carbons (Fsp3) is 0.429. The fourth-order valence-electron chi connectivity index (χ4n) is 3.73. The molecule has 0 saturated carbocycles. The van der Waals surface area contributed by atoms with Crippen molar-refractivity contribution in [3.63, 3.8) is 0 Å². The SMILES string of the molecule is CC(C)n1c(=O)c2c3c(sc2n(Cc2ccccc2)c1=O)COC(C)(C)C3. The van der Waals surface area contributed by atoms with Gasteiger partial charge in [0, 0.05) is 17.3 Å². The summed E-state index contributed by atoms with van der Waals surface area (Å²) >= 11 is 1.52. The summed E-state index contributed by atoms with van der Waals surface area (Å²) in [6.45, 7) is 8.79. The Bertz CT molecular complexity index is 1120. The summed E-state index contributed by atoms with van der Waals surface area (Å²) in [7, 11) is 0. The summed E-state index contributed by atoms with van der Waals surface area (Å²) in [5, 5.41) is 0.690. The summed E-state index contributed by atoms with van der Waals surface area (Å²) in [4.78, 5) is 28.3. The van der Waals surface area contributed by atoms with Gasteiger partial charge in [0.1, 0.15) is 4.83 Å². The molecule has 1 aliphatic rings. The molecule has 3 heterocycles. The van der Waals surface area contributed by atoms with Gasteiger partial charge < -0.3 is 4.74 Å². The van der Waals surface area contributed by atoms with Gasteiger partial charge in [0.05, 0.1) is 24.1 Å². The van der Waals surface area contributed by atoms with Crippen molar-refractivity contribution < 1.29 is 4.74 Å². The summed E-state index contributed by atoms with van der Waals surface area (Å²) in [5.74, 6) is 0. The number of nitrogens with zero attached hydrogens (tertiary/aromatic N) is 2. The van der Waals surface area contributed by atoms with E-state index in [0.717, 1.165) is 20.8 Å². The van der Waals surface area contributed by atoms with E-state index in [0.29, 0.717) is 25.0 Å². The lowest BCUT2D eigenvalue weighted by Gasteiger charge is -2.30. The van der Waals surface area contributed by atoms with Crippen LogP contribution in [0.3, 0.4) is 0 Å². The molecular weight excluding hydrogens is 360 g/mol. The summed E-state index contributed by atoms with van der Waals surface area (Å²) < 4.78 is 9.08. The van der Waals surface area contributed by atoms with Gasteiger partial charge in [-0.05, 0) is 38.8 Å². The van der Waals surface area contributed by atoms with Crippen LogP contribution in [0.4, 0.5) is 0 Å². The number of fused-ring (bicyclic) bond motifs is 3. The van der Waals surface area contributed by atoms with Crippen LogP contribution in [0.2, 0.25) is 0 Å². The molecule has 0 spiro atoms. The fourth-order valence-corrected chi connectivity index (χ4v) is 4.95. The maximum absolute atomic E-state index is 13.3. The molecule has 0 N–H and O–H groups in total. The number of hydrogen-bond acceptors (Lipinski definition) is 4. The van der Waals surface area contributed by atoms with E-state index in [4.69, 9.17) is 4.74 Å². The van der Waals surface area contributed by atoms with Crippen molar-refractivity contribution in [1.82, 2.24) is 9.13 Å². The largest absolute Gasteiger partial charge is 0.370 e. The van der Waals surface area contributed by atoms with Gasteiger partial charge in [0.2, 0.25) is 0 Å². The third-order valence-corrected chi connectivity index (χ3v) is 6.31. The first-order valence-corrected chi connectivity index (χ1v) is 10.1. The standard InChI is InChI=1S/C21H24N2O3S/c1-13(2)23-18(24)17-15-10-21(3,4)26-12-16(15)27-19(17)22(20(23)25)11-14-8-6-5-7-9-14/h5-9,13H,10-12H2,1-4H3. The van der Waals surface area contributed by atoms with Crippen LogP contribution in [0.1, 0.15) is 49.7 Å². The van der Waals surface area contributed by atoms with Gasteiger partial charge in [-0.25, -0.2) is 4.79 Å². The molecule has 0 bridgehead atoms. The number of hydrogen-bond donors (Lipinski definition) is 0. The van der Waals surface area contributed by atoms with Crippen molar-refractivity contribution in [2.75, 3.05) is 0 Å². The number of thiophene rings is 1. The molecule has 6 heteroatoms. The molecule has 0 aliphatic carbocycles. The highest BCUT2D eigenvalue weighted by molar-refractivity contribution is 7.18. The maximum Gasteiger partial charge on any atom is 0.332 e. The molecule has 1 aliphatic heterocycles. The van der Waals surface area contributed by atoms with Crippen molar-refractivity contribution in [2.24, 2.45) is 0 Å². The topological polar surface area (TPSA) is 53.2 Å². The minimum Gasteiger partial charge on any atom is -0.370 e. The highest BCUT2D eigenvalue weighted by atomic mass is 32.1. The molecule has 1 aromatic carbocycles. The van der Waals surface area contributed by atoms with Gasteiger partial charge in [-0.15, -0.1) is 11.3 Å². The minimum atomic E-state index is -0.309. The number of benzene rings is 1. The van der Waals surface area contributed by atoms with E-state index in [1.807, 2.05) is 58.0 Å². The summed E-state index contributed by atoms with van der Waals surface area (Å²) in [6, 6.07) is 9.70.